The lowest BCUT2D eigenvalue weighted by Gasteiger charge is -2.45. The molecule has 19 heavy (non-hydrogen) atoms. The van der Waals surface area contributed by atoms with E-state index in [4.69, 9.17) is 0 Å². The smallest absolute Gasteiger partial charge is 0.245 e. The third kappa shape index (κ3) is 3.71. The molecule has 0 radical (unpaired) electrons. The van der Waals surface area contributed by atoms with E-state index in [1.807, 2.05) is 20.8 Å². The minimum atomic E-state index is -0.403. The number of carbonyl (C=O) groups is 2. The second-order valence-corrected chi connectivity index (χ2v) is 6.88. The number of hydrogen-bond donors (Lipinski definition) is 1. The Morgan fingerprint density at radius 3 is 2.37 bits per heavy atom. The van der Waals surface area contributed by atoms with Crippen molar-refractivity contribution >= 4 is 11.8 Å². The van der Waals surface area contributed by atoms with Crippen LogP contribution in [0.25, 0.3) is 0 Å². The third-order valence-corrected chi connectivity index (χ3v) is 3.68. The van der Waals surface area contributed by atoms with E-state index in [2.05, 4.69) is 19.2 Å². The predicted octanol–water partition coefficient (Wildman–Crippen LogP) is 2.18. The van der Waals surface area contributed by atoms with Gasteiger partial charge in [0.25, 0.3) is 0 Å². The van der Waals surface area contributed by atoms with Crippen LogP contribution in [0, 0.1) is 11.3 Å². The molecule has 3 atom stereocenters. The summed E-state index contributed by atoms with van der Waals surface area (Å²) in [6.07, 6.45) is 2.18. The number of nitrogens with zero attached hydrogens (tertiary/aromatic N) is 1. The van der Waals surface area contributed by atoms with Gasteiger partial charge in [-0.2, -0.15) is 0 Å². The van der Waals surface area contributed by atoms with Gasteiger partial charge in [-0.05, 0) is 24.7 Å². The van der Waals surface area contributed by atoms with Gasteiger partial charge in [0.05, 0.1) is 0 Å². The SMILES string of the molecule is CCCC(C)CN1C(=O)C(C)NC(=O)C1C(C)(C)C. The Hall–Kier alpha value is -1.06. The summed E-state index contributed by atoms with van der Waals surface area (Å²) in [5.41, 5.74) is -0.244. The van der Waals surface area contributed by atoms with Gasteiger partial charge in [-0.25, -0.2) is 0 Å². The van der Waals surface area contributed by atoms with Gasteiger partial charge in [0.2, 0.25) is 11.8 Å². The normalized spacial score (nSPS) is 26.3. The molecule has 0 spiro atoms. The highest BCUT2D eigenvalue weighted by Crippen LogP contribution is 2.28. The lowest BCUT2D eigenvalue weighted by atomic mass is 9.82. The lowest BCUT2D eigenvalue weighted by Crippen LogP contribution is -2.66. The Kier molecular flexibility index (Phi) is 4.99. The van der Waals surface area contributed by atoms with E-state index in [0.29, 0.717) is 12.5 Å². The number of piperazine rings is 1. The largest absolute Gasteiger partial charge is 0.343 e. The van der Waals surface area contributed by atoms with E-state index < -0.39 is 6.04 Å². The van der Waals surface area contributed by atoms with Gasteiger partial charge < -0.3 is 10.2 Å². The molecule has 1 saturated heterocycles. The topological polar surface area (TPSA) is 49.4 Å². The molecular formula is C15H28N2O2. The predicted molar refractivity (Wildman–Crippen MR) is 76.6 cm³/mol. The second-order valence-electron chi connectivity index (χ2n) is 6.88. The van der Waals surface area contributed by atoms with Gasteiger partial charge in [-0.1, -0.05) is 41.0 Å². The lowest BCUT2D eigenvalue weighted by molar-refractivity contribution is -0.154. The van der Waals surface area contributed by atoms with Crippen LogP contribution in [-0.2, 0) is 9.59 Å². The molecule has 3 unspecified atom stereocenters. The summed E-state index contributed by atoms with van der Waals surface area (Å²) in [6, 6.07) is -0.768. The number of rotatable bonds is 4. The van der Waals surface area contributed by atoms with Crippen LogP contribution in [0.1, 0.15) is 54.4 Å². The van der Waals surface area contributed by atoms with Crippen molar-refractivity contribution in [2.24, 2.45) is 11.3 Å². The maximum Gasteiger partial charge on any atom is 0.245 e. The molecule has 0 bridgehead atoms. The quantitative estimate of drug-likeness (QED) is 0.849. The summed E-state index contributed by atoms with van der Waals surface area (Å²) in [7, 11) is 0. The Morgan fingerprint density at radius 2 is 1.89 bits per heavy atom. The van der Waals surface area contributed by atoms with Crippen molar-refractivity contribution in [3.8, 4) is 0 Å². The van der Waals surface area contributed by atoms with E-state index in [1.165, 1.54) is 0 Å². The summed E-state index contributed by atoms with van der Waals surface area (Å²) in [5.74, 6) is 0.447. The molecule has 1 N–H and O–H groups in total. The minimum Gasteiger partial charge on any atom is -0.343 e. The van der Waals surface area contributed by atoms with E-state index in [0.717, 1.165) is 12.8 Å². The summed E-state index contributed by atoms with van der Waals surface area (Å²) in [6.45, 7) is 12.8. The highest BCUT2D eigenvalue weighted by atomic mass is 16.2. The number of hydrogen-bond acceptors (Lipinski definition) is 2. The van der Waals surface area contributed by atoms with Gasteiger partial charge in [0, 0.05) is 6.54 Å². The van der Waals surface area contributed by atoms with Gasteiger partial charge in [0.1, 0.15) is 12.1 Å². The molecule has 0 aliphatic carbocycles. The Balaban J connectivity index is 2.96. The molecule has 4 nitrogen and oxygen atoms in total. The van der Waals surface area contributed by atoms with Crippen molar-refractivity contribution in [3.05, 3.63) is 0 Å². The van der Waals surface area contributed by atoms with Crippen LogP contribution in [-0.4, -0.2) is 35.3 Å². The van der Waals surface area contributed by atoms with Gasteiger partial charge >= 0.3 is 0 Å². The monoisotopic (exact) mass is 268 g/mol. The molecule has 1 aliphatic heterocycles. The van der Waals surface area contributed by atoms with Crippen molar-refractivity contribution in [1.29, 1.82) is 0 Å². The fraction of sp³-hybridized carbons (Fsp3) is 0.867. The zero-order valence-electron chi connectivity index (χ0n) is 13.1. The Bertz CT molecular complexity index is 347. The summed E-state index contributed by atoms with van der Waals surface area (Å²) in [4.78, 5) is 26.4. The molecular weight excluding hydrogens is 240 g/mol. The average Bonchev–Trinajstić information content (AvgIpc) is 2.23. The zero-order chi connectivity index (χ0) is 14.8. The first-order valence-corrected chi connectivity index (χ1v) is 7.29. The van der Waals surface area contributed by atoms with E-state index in [-0.39, 0.29) is 23.3 Å². The summed E-state index contributed by atoms with van der Waals surface area (Å²) < 4.78 is 0. The van der Waals surface area contributed by atoms with Crippen LogP contribution in [0.5, 0.6) is 0 Å². The van der Waals surface area contributed by atoms with Crippen LogP contribution in [0.2, 0.25) is 0 Å². The first-order chi connectivity index (χ1) is 8.68. The molecule has 110 valence electrons. The molecule has 0 aromatic carbocycles. The van der Waals surface area contributed by atoms with E-state index >= 15 is 0 Å². The van der Waals surface area contributed by atoms with Crippen LogP contribution >= 0.6 is 0 Å². The van der Waals surface area contributed by atoms with Crippen LogP contribution in [0.3, 0.4) is 0 Å². The molecule has 0 aromatic rings. The van der Waals surface area contributed by atoms with E-state index in [9.17, 15) is 9.59 Å². The van der Waals surface area contributed by atoms with Crippen molar-refractivity contribution in [3.63, 3.8) is 0 Å². The fourth-order valence-corrected chi connectivity index (χ4v) is 2.85. The Morgan fingerprint density at radius 1 is 1.32 bits per heavy atom. The van der Waals surface area contributed by atoms with Crippen LogP contribution in [0.4, 0.5) is 0 Å². The van der Waals surface area contributed by atoms with Crippen LogP contribution in [0.15, 0.2) is 0 Å². The van der Waals surface area contributed by atoms with Gasteiger partial charge in [-0.3, -0.25) is 9.59 Å². The molecule has 4 heteroatoms. The van der Waals surface area contributed by atoms with Gasteiger partial charge in [0.15, 0.2) is 0 Å². The van der Waals surface area contributed by atoms with Crippen molar-refractivity contribution in [1.82, 2.24) is 10.2 Å². The second kappa shape index (κ2) is 5.93. The number of carbonyl (C=O) groups excluding carboxylic acids is 2. The van der Waals surface area contributed by atoms with E-state index in [1.54, 1.807) is 11.8 Å². The molecule has 0 aromatic heterocycles. The summed E-state index contributed by atoms with van der Waals surface area (Å²) >= 11 is 0. The highest BCUT2D eigenvalue weighted by molar-refractivity contribution is 5.97. The maximum atomic E-state index is 12.4. The first kappa shape index (κ1) is 16.0. The van der Waals surface area contributed by atoms with Crippen molar-refractivity contribution in [2.45, 2.75) is 66.5 Å². The molecule has 1 fully saturated rings. The number of amides is 2. The molecule has 1 heterocycles. The maximum absolute atomic E-state index is 12.4. The van der Waals surface area contributed by atoms with Crippen molar-refractivity contribution in [2.75, 3.05) is 6.54 Å². The number of nitrogens with one attached hydrogen (secondary N) is 1. The molecule has 1 aliphatic rings. The average molecular weight is 268 g/mol. The Labute approximate surface area is 116 Å². The first-order valence-electron chi connectivity index (χ1n) is 7.29. The zero-order valence-corrected chi connectivity index (χ0v) is 13.1. The minimum absolute atomic E-state index is 0.0247. The third-order valence-electron chi connectivity index (χ3n) is 3.68. The van der Waals surface area contributed by atoms with Gasteiger partial charge in [-0.15, -0.1) is 0 Å². The summed E-state index contributed by atoms with van der Waals surface area (Å²) in [5, 5.41) is 2.79. The highest BCUT2D eigenvalue weighted by Gasteiger charge is 2.44. The molecule has 1 rings (SSSR count). The molecule has 2 amide bonds. The molecule has 0 saturated carbocycles. The standard InChI is InChI=1S/C15H28N2O2/c1-7-8-10(2)9-17-12(15(4,5)6)13(18)16-11(3)14(17)19/h10-12H,7-9H2,1-6H3,(H,16,18). The fourth-order valence-electron chi connectivity index (χ4n) is 2.85. The van der Waals surface area contributed by atoms with Crippen LogP contribution < -0.4 is 5.32 Å². The van der Waals surface area contributed by atoms with Crippen molar-refractivity contribution < 1.29 is 9.59 Å².